The van der Waals surface area contributed by atoms with Crippen LogP contribution >= 0.6 is 11.3 Å². The van der Waals surface area contributed by atoms with E-state index in [4.69, 9.17) is 14.2 Å². The van der Waals surface area contributed by atoms with E-state index in [1.54, 1.807) is 23.6 Å². The molecule has 1 atom stereocenters. The van der Waals surface area contributed by atoms with Crippen LogP contribution in [0.2, 0.25) is 0 Å². The van der Waals surface area contributed by atoms with E-state index in [0.717, 1.165) is 5.56 Å². The predicted molar refractivity (Wildman–Crippen MR) is 111 cm³/mol. The van der Waals surface area contributed by atoms with Gasteiger partial charge in [-0.1, -0.05) is 30.3 Å². The summed E-state index contributed by atoms with van der Waals surface area (Å²) in [5, 5.41) is 5.01. The number of rotatable bonds is 7. The summed E-state index contributed by atoms with van der Waals surface area (Å²) in [6, 6.07) is 14.5. The molecule has 29 heavy (non-hydrogen) atoms. The molecule has 2 aromatic carbocycles. The Balaban J connectivity index is 1.62. The smallest absolute Gasteiger partial charge is 0.358 e. The van der Waals surface area contributed by atoms with Gasteiger partial charge in [0.1, 0.15) is 5.01 Å². The molecule has 1 aromatic heterocycles. The lowest BCUT2D eigenvalue weighted by atomic mass is 10.2. The maximum Gasteiger partial charge on any atom is 0.358 e. The number of nitrogens with zero attached hydrogens (tertiary/aromatic N) is 1. The first-order chi connectivity index (χ1) is 14.0. The fourth-order valence-electron chi connectivity index (χ4n) is 2.51. The number of aromatic nitrogens is 1. The van der Waals surface area contributed by atoms with Gasteiger partial charge in [0, 0.05) is 22.7 Å². The van der Waals surface area contributed by atoms with E-state index in [1.165, 1.54) is 32.5 Å². The van der Waals surface area contributed by atoms with Crippen LogP contribution in [0.4, 0.5) is 5.69 Å². The van der Waals surface area contributed by atoms with Crippen LogP contribution in [0.5, 0.6) is 11.5 Å². The summed E-state index contributed by atoms with van der Waals surface area (Å²) in [6.45, 7) is 1.50. The highest BCUT2D eigenvalue weighted by atomic mass is 32.1. The third-order valence-corrected chi connectivity index (χ3v) is 4.93. The maximum absolute atomic E-state index is 12.4. The molecule has 0 fully saturated rings. The van der Waals surface area contributed by atoms with E-state index in [9.17, 15) is 9.59 Å². The molecular weight excluding hydrogens is 392 g/mol. The molecular formula is C21H20N2O5S. The van der Waals surface area contributed by atoms with Crippen molar-refractivity contribution in [1.29, 1.82) is 0 Å². The molecule has 8 heteroatoms. The van der Waals surface area contributed by atoms with Crippen molar-refractivity contribution in [2.45, 2.75) is 13.0 Å². The monoisotopic (exact) mass is 412 g/mol. The van der Waals surface area contributed by atoms with Crippen LogP contribution in [0.15, 0.2) is 53.9 Å². The first-order valence-electron chi connectivity index (χ1n) is 8.76. The van der Waals surface area contributed by atoms with Gasteiger partial charge in [-0.05, 0) is 19.1 Å². The third-order valence-electron chi connectivity index (χ3n) is 4.04. The normalized spacial score (nSPS) is 11.4. The molecule has 0 aliphatic carbocycles. The number of methoxy groups -OCH3 is 2. The number of nitrogens with one attached hydrogen (secondary N) is 1. The zero-order valence-electron chi connectivity index (χ0n) is 16.2. The van der Waals surface area contributed by atoms with Crippen LogP contribution in [-0.2, 0) is 9.53 Å². The molecule has 0 saturated carbocycles. The van der Waals surface area contributed by atoms with Crippen molar-refractivity contribution < 1.29 is 23.8 Å². The minimum absolute atomic E-state index is 0.166. The van der Waals surface area contributed by atoms with Crippen molar-refractivity contribution in [1.82, 2.24) is 4.98 Å². The summed E-state index contributed by atoms with van der Waals surface area (Å²) < 4.78 is 15.6. The van der Waals surface area contributed by atoms with E-state index in [1.807, 2.05) is 30.3 Å². The van der Waals surface area contributed by atoms with Gasteiger partial charge in [0.15, 0.2) is 23.3 Å². The number of ether oxygens (including phenoxy) is 3. The Kier molecular flexibility index (Phi) is 6.46. The SMILES string of the molecule is COc1ccc(NC(=O)C(C)OC(=O)c2csc(-c3ccccc3)n2)cc1OC. The van der Waals surface area contributed by atoms with Gasteiger partial charge in [0.05, 0.1) is 14.2 Å². The second-order valence-electron chi connectivity index (χ2n) is 6.01. The highest BCUT2D eigenvalue weighted by Gasteiger charge is 2.21. The fourth-order valence-corrected chi connectivity index (χ4v) is 3.31. The Morgan fingerprint density at radius 3 is 2.45 bits per heavy atom. The summed E-state index contributed by atoms with van der Waals surface area (Å²) in [5.74, 6) is -0.101. The summed E-state index contributed by atoms with van der Waals surface area (Å²) in [7, 11) is 3.03. The average Bonchev–Trinajstić information content (AvgIpc) is 3.24. The fraction of sp³-hybridized carbons (Fsp3) is 0.190. The summed E-state index contributed by atoms with van der Waals surface area (Å²) >= 11 is 1.34. The molecule has 0 bridgehead atoms. The molecule has 0 aliphatic rings. The lowest BCUT2D eigenvalue weighted by Gasteiger charge is -2.14. The number of amides is 1. The number of hydrogen-bond acceptors (Lipinski definition) is 7. The summed E-state index contributed by atoms with van der Waals surface area (Å²) in [5.41, 5.74) is 1.57. The van der Waals surface area contributed by atoms with Crippen LogP contribution in [0, 0.1) is 0 Å². The average molecular weight is 412 g/mol. The van der Waals surface area contributed by atoms with Gasteiger partial charge in [0.2, 0.25) is 0 Å². The lowest BCUT2D eigenvalue weighted by molar-refractivity contribution is -0.123. The number of anilines is 1. The van der Waals surface area contributed by atoms with Gasteiger partial charge in [0.25, 0.3) is 5.91 Å². The van der Waals surface area contributed by atoms with Crippen molar-refractivity contribution in [3.8, 4) is 22.1 Å². The Morgan fingerprint density at radius 2 is 1.76 bits per heavy atom. The summed E-state index contributed by atoms with van der Waals surface area (Å²) in [6.07, 6.45) is -1.00. The summed E-state index contributed by atoms with van der Waals surface area (Å²) in [4.78, 5) is 29.0. The van der Waals surface area contributed by atoms with E-state index in [-0.39, 0.29) is 5.69 Å². The largest absolute Gasteiger partial charge is 0.493 e. The van der Waals surface area contributed by atoms with E-state index in [0.29, 0.717) is 22.2 Å². The minimum Gasteiger partial charge on any atom is -0.493 e. The van der Waals surface area contributed by atoms with Crippen LogP contribution in [0.25, 0.3) is 10.6 Å². The van der Waals surface area contributed by atoms with Gasteiger partial charge < -0.3 is 19.5 Å². The molecule has 150 valence electrons. The number of thiazole rings is 1. The molecule has 0 aliphatic heterocycles. The molecule has 3 rings (SSSR count). The molecule has 7 nitrogen and oxygen atoms in total. The molecule has 1 N–H and O–H groups in total. The molecule has 0 radical (unpaired) electrons. The molecule has 1 unspecified atom stereocenters. The molecule has 3 aromatic rings. The van der Waals surface area contributed by atoms with Gasteiger partial charge >= 0.3 is 5.97 Å². The van der Waals surface area contributed by atoms with Crippen molar-refractivity contribution in [2.24, 2.45) is 0 Å². The van der Waals surface area contributed by atoms with E-state index in [2.05, 4.69) is 10.3 Å². The van der Waals surface area contributed by atoms with Gasteiger partial charge in [-0.3, -0.25) is 4.79 Å². The lowest BCUT2D eigenvalue weighted by Crippen LogP contribution is -2.30. The maximum atomic E-state index is 12.4. The zero-order chi connectivity index (χ0) is 20.8. The third kappa shape index (κ3) is 4.91. The Hall–Kier alpha value is -3.39. The number of carbonyl (C=O) groups is 2. The Labute approximate surface area is 172 Å². The van der Waals surface area contributed by atoms with Gasteiger partial charge in [-0.15, -0.1) is 11.3 Å². The Morgan fingerprint density at radius 1 is 1.03 bits per heavy atom. The van der Waals surface area contributed by atoms with E-state index >= 15 is 0 Å². The first kappa shape index (κ1) is 20.3. The molecule has 0 saturated heterocycles. The highest BCUT2D eigenvalue weighted by Crippen LogP contribution is 2.30. The first-order valence-corrected chi connectivity index (χ1v) is 9.64. The van der Waals surface area contributed by atoms with Crippen molar-refractivity contribution in [3.63, 3.8) is 0 Å². The molecule has 1 amide bonds. The quantitative estimate of drug-likeness (QED) is 0.590. The highest BCUT2D eigenvalue weighted by molar-refractivity contribution is 7.13. The number of benzene rings is 2. The Bertz CT molecular complexity index is 1000. The zero-order valence-corrected chi connectivity index (χ0v) is 17.0. The van der Waals surface area contributed by atoms with Crippen LogP contribution in [0.3, 0.4) is 0 Å². The molecule has 0 spiro atoms. The number of carbonyl (C=O) groups excluding carboxylic acids is 2. The minimum atomic E-state index is -1.00. The van der Waals surface area contributed by atoms with Crippen LogP contribution in [0.1, 0.15) is 17.4 Å². The topological polar surface area (TPSA) is 86.8 Å². The number of hydrogen-bond donors (Lipinski definition) is 1. The standard InChI is InChI=1S/C21H20N2O5S/c1-13(19(24)22-15-9-10-17(26-2)18(11-15)27-3)28-21(25)16-12-29-20(23-16)14-7-5-4-6-8-14/h4-13H,1-3H3,(H,22,24). The second-order valence-corrected chi connectivity index (χ2v) is 6.87. The van der Waals surface area contributed by atoms with Crippen LogP contribution in [-0.4, -0.2) is 37.2 Å². The van der Waals surface area contributed by atoms with Crippen LogP contribution < -0.4 is 14.8 Å². The van der Waals surface area contributed by atoms with Crippen molar-refractivity contribution >= 4 is 28.9 Å². The van der Waals surface area contributed by atoms with Crippen molar-refractivity contribution in [2.75, 3.05) is 19.5 Å². The van der Waals surface area contributed by atoms with Crippen molar-refractivity contribution in [3.05, 3.63) is 59.6 Å². The number of esters is 1. The van der Waals surface area contributed by atoms with Gasteiger partial charge in [-0.2, -0.15) is 0 Å². The molecule has 1 heterocycles. The van der Waals surface area contributed by atoms with Gasteiger partial charge in [-0.25, -0.2) is 9.78 Å². The van der Waals surface area contributed by atoms with E-state index < -0.39 is 18.0 Å². The predicted octanol–water partition coefficient (Wildman–Crippen LogP) is 4.01. The second kappa shape index (κ2) is 9.20.